The van der Waals surface area contributed by atoms with E-state index in [1.165, 1.54) is 4.31 Å². The van der Waals surface area contributed by atoms with Gasteiger partial charge in [-0.3, -0.25) is 0 Å². The molecule has 2 atom stereocenters. The smallest absolute Gasteiger partial charge is 0.211 e. The maximum Gasteiger partial charge on any atom is 0.211 e. The molecule has 5 nitrogen and oxygen atoms in total. The van der Waals surface area contributed by atoms with Crippen molar-refractivity contribution in [3.8, 4) is 0 Å². The van der Waals surface area contributed by atoms with Crippen molar-refractivity contribution in [2.75, 3.05) is 19.3 Å². The summed E-state index contributed by atoms with van der Waals surface area (Å²) in [5.41, 5.74) is 0.994. The van der Waals surface area contributed by atoms with Crippen LogP contribution in [0.1, 0.15) is 19.4 Å². The Kier molecular flexibility index (Phi) is 5.60. The van der Waals surface area contributed by atoms with Gasteiger partial charge in [0.05, 0.1) is 16.4 Å². The highest BCUT2D eigenvalue weighted by Gasteiger charge is 2.45. The van der Waals surface area contributed by atoms with Crippen LogP contribution in [0.15, 0.2) is 29.2 Å². The van der Waals surface area contributed by atoms with Crippen LogP contribution in [0.2, 0.25) is 0 Å². The number of sulfone groups is 1. The van der Waals surface area contributed by atoms with Crippen LogP contribution in [0.4, 0.5) is 0 Å². The highest BCUT2D eigenvalue weighted by atomic mass is 79.9. The van der Waals surface area contributed by atoms with Gasteiger partial charge in [0.1, 0.15) is 0 Å². The lowest BCUT2D eigenvalue weighted by Crippen LogP contribution is -2.33. The first kappa shape index (κ1) is 18.9. The maximum atomic E-state index is 13.0. The van der Waals surface area contributed by atoms with E-state index < -0.39 is 25.1 Å². The molecule has 2 rings (SSSR count). The van der Waals surface area contributed by atoms with Crippen molar-refractivity contribution in [3.05, 3.63) is 29.8 Å². The molecular formula is C15H22BrNO4S2. The van der Waals surface area contributed by atoms with Crippen LogP contribution in [0.3, 0.4) is 0 Å². The van der Waals surface area contributed by atoms with Crippen LogP contribution in [0, 0.1) is 11.8 Å². The Morgan fingerprint density at radius 2 is 1.70 bits per heavy atom. The van der Waals surface area contributed by atoms with Gasteiger partial charge >= 0.3 is 0 Å². The number of nitrogens with zero attached hydrogens (tertiary/aromatic N) is 1. The van der Waals surface area contributed by atoms with Gasteiger partial charge in [0.15, 0.2) is 9.84 Å². The van der Waals surface area contributed by atoms with Crippen LogP contribution in [-0.4, -0.2) is 45.7 Å². The van der Waals surface area contributed by atoms with Crippen molar-refractivity contribution in [3.63, 3.8) is 0 Å². The molecule has 0 bridgehead atoms. The Morgan fingerprint density at radius 1 is 1.13 bits per heavy atom. The Balaban J connectivity index is 2.39. The van der Waals surface area contributed by atoms with Crippen molar-refractivity contribution in [2.45, 2.75) is 29.3 Å². The highest BCUT2D eigenvalue weighted by Crippen LogP contribution is 2.34. The third kappa shape index (κ3) is 3.97. The lowest BCUT2D eigenvalue weighted by atomic mass is 9.95. The summed E-state index contributed by atoms with van der Waals surface area (Å²) in [5.74, 6) is -0.117. The molecule has 1 unspecified atom stereocenters. The monoisotopic (exact) mass is 423 g/mol. The van der Waals surface area contributed by atoms with E-state index >= 15 is 0 Å². The van der Waals surface area contributed by atoms with Crippen LogP contribution < -0.4 is 0 Å². The molecule has 1 heterocycles. The fraction of sp³-hybridized carbons (Fsp3) is 0.600. The minimum atomic E-state index is -3.57. The molecule has 1 aromatic rings. The van der Waals surface area contributed by atoms with Crippen LogP contribution in [0.5, 0.6) is 0 Å². The average Bonchev–Trinajstić information content (AvgIpc) is 2.93. The van der Waals surface area contributed by atoms with Gasteiger partial charge in [0, 0.05) is 18.4 Å². The van der Waals surface area contributed by atoms with Gasteiger partial charge in [-0.15, -0.1) is 0 Å². The van der Waals surface area contributed by atoms with Crippen LogP contribution in [-0.2, 0) is 25.2 Å². The molecule has 0 aliphatic carbocycles. The molecule has 0 amide bonds. The molecule has 8 heteroatoms. The lowest BCUT2D eigenvalue weighted by molar-refractivity contribution is 0.388. The normalized spacial score (nSPS) is 23.5. The van der Waals surface area contributed by atoms with Crippen molar-refractivity contribution in [1.29, 1.82) is 0 Å². The fourth-order valence-electron chi connectivity index (χ4n) is 2.95. The molecule has 0 saturated carbocycles. The molecule has 0 N–H and O–H groups in total. The molecule has 0 aromatic heterocycles. The first-order chi connectivity index (χ1) is 10.6. The minimum absolute atomic E-state index is 0.0320. The highest BCUT2D eigenvalue weighted by molar-refractivity contribution is 9.08. The van der Waals surface area contributed by atoms with Gasteiger partial charge in [-0.25, -0.2) is 21.1 Å². The number of alkyl halides is 1. The number of rotatable bonds is 5. The van der Waals surface area contributed by atoms with Crippen LogP contribution in [0.25, 0.3) is 0 Å². The molecule has 0 spiro atoms. The number of benzene rings is 1. The summed E-state index contributed by atoms with van der Waals surface area (Å²) < 4.78 is 50.9. The van der Waals surface area contributed by atoms with E-state index in [9.17, 15) is 16.8 Å². The van der Waals surface area contributed by atoms with E-state index in [2.05, 4.69) is 15.9 Å². The van der Waals surface area contributed by atoms with Crippen LogP contribution >= 0.6 is 15.9 Å². The zero-order valence-electron chi connectivity index (χ0n) is 13.4. The van der Waals surface area contributed by atoms with Gasteiger partial charge in [-0.05, 0) is 29.5 Å². The topological polar surface area (TPSA) is 71.5 Å². The molecule has 1 aliphatic rings. The number of sulfonamides is 1. The van der Waals surface area contributed by atoms with Crippen molar-refractivity contribution in [1.82, 2.24) is 4.31 Å². The zero-order valence-corrected chi connectivity index (χ0v) is 16.7. The van der Waals surface area contributed by atoms with Gasteiger partial charge in [0.25, 0.3) is 0 Å². The Morgan fingerprint density at radius 3 is 2.13 bits per heavy atom. The van der Waals surface area contributed by atoms with E-state index in [-0.39, 0.29) is 29.8 Å². The number of hydrogen-bond donors (Lipinski definition) is 0. The van der Waals surface area contributed by atoms with E-state index in [4.69, 9.17) is 0 Å². The Bertz CT molecular complexity index is 757. The second-order valence-electron chi connectivity index (χ2n) is 6.35. The van der Waals surface area contributed by atoms with E-state index in [1.807, 2.05) is 13.8 Å². The first-order valence-electron chi connectivity index (χ1n) is 7.41. The van der Waals surface area contributed by atoms with Crippen molar-refractivity contribution in [2.24, 2.45) is 11.8 Å². The van der Waals surface area contributed by atoms with Crippen molar-refractivity contribution >= 4 is 35.8 Å². The summed E-state index contributed by atoms with van der Waals surface area (Å²) in [6, 6.07) is 6.75. The largest absolute Gasteiger partial charge is 0.223 e. The molecule has 1 aliphatic heterocycles. The van der Waals surface area contributed by atoms with E-state index in [1.54, 1.807) is 24.3 Å². The number of halogens is 1. The van der Waals surface area contributed by atoms with E-state index in [0.717, 1.165) is 11.8 Å². The van der Waals surface area contributed by atoms with Crippen molar-refractivity contribution < 1.29 is 16.8 Å². The fourth-order valence-corrected chi connectivity index (χ4v) is 6.39. The maximum absolute atomic E-state index is 13.0. The summed E-state index contributed by atoms with van der Waals surface area (Å²) in [6.07, 6.45) is 1.13. The Hall–Kier alpha value is -0.440. The lowest BCUT2D eigenvalue weighted by Gasteiger charge is -2.22. The van der Waals surface area contributed by atoms with Gasteiger partial charge in [0.2, 0.25) is 10.0 Å². The Labute approximate surface area is 147 Å². The third-order valence-electron chi connectivity index (χ3n) is 4.41. The second kappa shape index (κ2) is 6.82. The molecular weight excluding hydrogens is 402 g/mol. The third-order valence-corrected chi connectivity index (χ3v) is 8.51. The SMILES string of the molecule is CC(C)[C@@H]1CN(S(C)(=O)=O)CC1S(=O)(=O)c1ccc(CBr)cc1. The summed E-state index contributed by atoms with van der Waals surface area (Å²) in [4.78, 5) is 0.258. The molecule has 23 heavy (non-hydrogen) atoms. The quantitative estimate of drug-likeness (QED) is 0.680. The van der Waals surface area contributed by atoms with E-state index in [0.29, 0.717) is 5.33 Å². The van der Waals surface area contributed by atoms with Gasteiger partial charge < -0.3 is 0 Å². The zero-order chi connectivity index (χ0) is 17.4. The summed E-state index contributed by atoms with van der Waals surface area (Å²) in [6.45, 7) is 4.17. The predicted molar refractivity (Wildman–Crippen MR) is 94.8 cm³/mol. The average molecular weight is 424 g/mol. The van der Waals surface area contributed by atoms with Gasteiger partial charge in [-0.2, -0.15) is 0 Å². The minimum Gasteiger partial charge on any atom is -0.223 e. The number of hydrogen-bond acceptors (Lipinski definition) is 4. The first-order valence-corrected chi connectivity index (χ1v) is 11.9. The predicted octanol–water partition coefficient (Wildman–Crippen LogP) is 2.27. The summed E-state index contributed by atoms with van der Waals surface area (Å²) in [7, 11) is -6.96. The molecule has 1 aromatic carbocycles. The second-order valence-corrected chi connectivity index (χ2v) is 11.1. The molecule has 0 radical (unpaired) electrons. The summed E-state index contributed by atoms with van der Waals surface area (Å²) in [5, 5.41) is -0.0419. The molecule has 1 saturated heterocycles. The molecule has 130 valence electrons. The van der Waals surface area contributed by atoms with Gasteiger partial charge in [-0.1, -0.05) is 41.9 Å². The molecule has 1 fully saturated rings. The summed E-state index contributed by atoms with van der Waals surface area (Å²) >= 11 is 3.33. The standard InChI is InChI=1S/C15H22BrNO4S2/c1-11(2)14-9-17(22(3,18)19)10-15(14)23(20,21)13-6-4-12(8-16)5-7-13/h4-7,11,14-15H,8-10H2,1-3H3/t14-,15?/m0/s1.